The summed E-state index contributed by atoms with van der Waals surface area (Å²) in [5.74, 6) is 3.19. The average molecular weight is 501 g/mol. The van der Waals surface area contributed by atoms with E-state index in [0.717, 1.165) is 17.1 Å². The summed E-state index contributed by atoms with van der Waals surface area (Å²) < 4.78 is 21.5. The highest BCUT2D eigenvalue weighted by atomic mass is 127. The molecule has 0 saturated heterocycles. The fourth-order valence-corrected chi connectivity index (χ4v) is 2.41. The molecule has 3 N–H and O–H groups in total. The van der Waals surface area contributed by atoms with Crippen LogP contribution in [0.2, 0.25) is 0 Å². The minimum absolute atomic E-state index is 0. The largest absolute Gasteiger partial charge is 0.497 e. The number of nitrogens with two attached hydrogens (primary N) is 1. The van der Waals surface area contributed by atoms with E-state index in [1.165, 1.54) is 0 Å². The van der Waals surface area contributed by atoms with Crippen molar-refractivity contribution in [2.45, 2.75) is 19.6 Å². The Balaban J connectivity index is 0.00000392. The molecule has 0 radical (unpaired) electrons. The number of methoxy groups -OCH3 is 3. The van der Waals surface area contributed by atoms with Gasteiger partial charge in [-0.05, 0) is 36.8 Å². The molecule has 7 nitrogen and oxygen atoms in total. The van der Waals surface area contributed by atoms with Crippen molar-refractivity contribution >= 4 is 29.9 Å². The van der Waals surface area contributed by atoms with Crippen LogP contribution in [0, 0.1) is 0 Å². The van der Waals surface area contributed by atoms with Gasteiger partial charge in [0.15, 0.2) is 17.5 Å². The first-order valence-corrected chi connectivity index (χ1v) is 8.61. The lowest BCUT2D eigenvalue weighted by Gasteiger charge is -2.16. The van der Waals surface area contributed by atoms with Gasteiger partial charge in [-0.15, -0.1) is 24.0 Å². The second-order valence-electron chi connectivity index (χ2n) is 5.88. The molecular weight excluding hydrogens is 473 g/mol. The van der Waals surface area contributed by atoms with Crippen molar-refractivity contribution in [2.24, 2.45) is 10.7 Å². The first kappa shape index (κ1) is 23.7. The Morgan fingerprint density at radius 1 is 1.00 bits per heavy atom. The van der Waals surface area contributed by atoms with Gasteiger partial charge in [0.1, 0.15) is 17.6 Å². The van der Waals surface area contributed by atoms with Crippen LogP contribution in [0.3, 0.4) is 0 Å². The van der Waals surface area contributed by atoms with Crippen molar-refractivity contribution < 1.29 is 18.9 Å². The zero-order valence-electron chi connectivity index (χ0n) is 16.6. The molecule has 0 saturated carbocycles. The lowest BCUT2D eigenvalue weighted by molar-refractivity contribution is 0.223. The number of rotatable bonds is 9. The molecular formula is C20H28IN3O4. The molecule has 0 aliphatic heterocycles. The normalized spacial score (nSPS) is 11.8. The van der Waals surface area contributed by atoms with Crippen LogP contribution in [0.1, 0.15) is 12.5 Å². The first-order chi connectivity index (χ1) is 13.0. The Hall–Kier alpha value is -2.36. The maximum absolute atomic E-state index is 5.94. The van der Waals surface area contributed by atoms with Gasteiger partial charge in [-0.25, -0.2) is 4.99 Å². The van der Waals surface area contributed by atoms with Gasteiger partial charge in [0.05, 0.1) is 34.4 Å². The molecule has 0 bridgehead atoms. The van der Waals surface area contributed by atoms with Gasteiger partial charge in [-0.2, -0.15) is 0 Å². The number of aliphatic imine (C=N–C) groups is 1. The Labute approximate surface area is 183 Å². The summed E-state index contributed by atoms with van der Waals surface area (Å²) in [5, 5.41) is 3.07. The standard InChI is InChI=1S/C20H27N3O4.HI/c1-14(27-17-7-5-6-16(11-17)24-2)12-22-20(21)23-13-15-8-9-18(25-3)19(10-15)26-4;/h5-11,14H,12-13H2,1-4H3,(H3,21,22,23);1H. The number of hydrogen-bond donors (Lipinski definition) is 2. The molecule has 0 aliphatic rings. The maximum atomic E-state index is 5.94. The molecule has 1 atom stereocenters. The van der Waals surface area contributed by atoms with Crippen molar-refractivity contribution in [3.63, 3.8) is 0 Å². The third kappa shape index (κ3) is 7.34. The van der Waals surface area contributed by atoms with Crippen LogP contribution in [0.4, 0.5) is 0 Å². The highest BCUT2D eigenvalue weighted by Crippen LogP contribution is 2.27. The van der Waals surface area contributed by atoms with Crippen LogP contribution in [-0.2, 0) is 6.54 Å². The van der Waals surface area contributed by atoms with Crippen LogP contribution < -0.4 is 30.0 Å². The quantitative estimate of drug-likeness (QED) is 0.312. The maximum Gasteiger partial charge on any atom is 0.189 e. The summed E-state index contributed by atoms with van der Waals surface area (Å²) in [6, 6.07) is 13.1. The van der Waals surface area contributed by atoms with Gasteiger partial charge in [0, 0.05) is 6.07 Å². The monoisotopic (exact) mass is 501 g/mol. The number of nitrogens with one attached hydrogen (secondary N) is 1. The molecule has 0 amide bonds. The van der Waals surface area contributed by atoms with E-state index in [0.29, 0.717) is 30.5 Å². The number of ether oxygens (including phenoxy) is 4. The van der Waals surface area contributed by atoms with Gasteiger partial charge in [0.25, 0.3) is 0 Å². The molecule has 8 heteroatoms. The zero-order chi connectivity index (χ0) is 19.6. The minimum atomic E-state index is -0.0908. The van der Waals surface area contributed by atoms with Crippen LogP contribution in [-0.4, -0.2) is 39.9 Å². The minimum Gasteiger partial charge on any atom is -0.497 e. The van der Waals surface area contributed by atoms with Gasteiger partial charge >= 0.3 is 0 Å². The third-order valence-electron chi connectivity index (χ3n) is 3.83. The lowest BCUT2D eigenvalue weighted by atomic mass is 10.2. The van der Waals surface area contributed by atoms with Crippen LogP contribution in [0.5, 0.6) is 23.0 Å². The summed E-state index contributed by atoms with van der Waals surface area (Å²) in [6.45, 7) is 2.91. The number of guanidine groups is 1. The zero-order valence-corrected chi connectivity index (χ0v) is 18.9. The van der Waals surface area contributed by atoms with Gasteiger partial charge in [-0.3, -0.25) is 0 Å². The van der Waals surface area contributed by atoms with E-state index in [9.17, 15) is 0 Å². The van der Waals surface area contributed by atoms with Crippen LogP contribution in [0.25, 0.3) is 0 Å². The second-order valence-corrected chi connectivity index (χ2v) is 5.88. The third-order valence-corrected chi connectivity index (χ3v) is 3.83. The van der Waals surface area contributed by atoms with Gasteiger partial charge < -0.3 is 30.0 Å². The topological polar surface area (TPSA) is 87.3 Å². The van der Waals surface area contributed by atoms with E-state index >= 15 is 0 Å². The summed E-state index contributed by atoms with van der Waals surface area (Å²) >= 11 is 0. The summed E-state index contributed by atoms with van der Waals surface area (Å²) in [7, 11) is 4.83. The number of halogens is 1. The fraction of sp³-hybridized carbons (Fsp3) is 0.350. The first-order valence-electron chi connectivity index (χ1n) is 8.61. The van der Waals surface area contributed by atoms with Crippen molar-refractivity contribution in [1.82, 2.24) is 5.32 Å². The van der Waals surface area contributed by atoms with E-state index in [1.807, 2.05) is 49.4 Å². The molecule has 0 spiro atoms. The van der Waals surface area contributed by atoms with E-state index in [2.05, 4.69) is 10.3 Å². The van der Waals surface area contributed by atoms with Gasteiger partial charge in [0.2, 0.25) is 0 Å². The van der Waals surface area contributed by atoms with Crippen molar-refractivity contribution in [1.29, 1.82) is 0 Å². The summed E-state index contributed by atoms with van der Waals surface area (Å²) in [6.07, 6.45) is -0.0908. The highest BCUT2D eigenvalue weighted by Gasteiger charge is 2.07. The molecule has 0 heterocycles. The Kier molecular flexibility index (Phi) is 10.3. The van der Waals surface area contributed by atoms with Crippen molar-refractivity contribution in [3.05, 3.63) is 48.0 Å². The van der Waals surface area contributed by atoms with Crippen LogP contribution in [0.15, 0.2) is 47.5 Å². The average Bonchev–Trinajstić information content (AvgIpc) is 2.70. The van der Waals surface area contributed by atoms with Crippen LogP contribution >= 0.6 is 24.0 Å². The van der Waals surface area contributed by atoms with Crippen molar-refractivity contribution in [2.75, 3.05) is 27.9 Å². The molecule has 28 heavy (non-hydrogen) atoms. The molecule has 0 aromatic heterocycles. The summed E-state index contributed by atoms with van der Waals surface area (Å²) in [5.41, 5.74) is 6.91. The van der Waals surface area contributed by atoms with E-state index in [1.54, 1.807) is 21.3 Å². The predicted octanol–water partition coefficient (Wildman–Crippen LogP) is 3.20. The smallest absolute Gasteiger partial charge is 0.189 e. The molecule has 2 rings (SSSR count). The molecule has 0 aliphatic carbocycles. The highest BCUT2D eigenvalue weighted by molar-refractivity contribution is 14.0. The summed E-state index contributed by atoms with van der Waals surface area (Å²) in [4.78, 5) is 4.34. The molecule has 2 aromatic rings. The van der Waals surface area contributed by atoms with E-state index in [4.69, 9.17) is 24.7 Å². The number of hydrogen-bond acceptors (Lipinski definition) is 5. The van der Waals surface area contributed by atoms with E-state index in [-0.39, 0.29) is 30.1 Å². The fourth-order valence-electron chi connectivity index (χ4n) is 2.41. The van der Waals surface area contributed by atoms with E-state index < -0.39 is 0 Å². The lowest BCUT2D eigenvalue weighted by Crippen LogP contribution is -2.38. The van der Waals surface area contributed by atoms with Crippen molar-refractivity contribution in [3.8, 4) is 23.0 Å². The number of benzene rings is 2. The molecule has 2 aromatic carbocycles. The second kappa shape index (κ2) is 12.2. The predicted molar refractivity (Wildman–Crippen MR) is 121 cm³/mol. The molecule has 0 fully saturated rings. The Bertz CT molecular complexity index is 771. The molecule has 1 unspecified atom stereocenters. The van der Waals surface area contributed by atoms with Gasteiger partial charge in [-0.1, -0.05) is 12.1 Å². The Morgan fingerprint density at radius 2 is 1.71 bits per heavy atom. The number of nitrogens with zero attached hydrogens (tertiary/aromatic N) is 1. The Morgan fingerprint density at radius 3 is 2.39 bits per heavy atom. The molecule has 154 valence electrons. The SMILES string of the molecule is COc1cccc(OC(C)CNC(N)=NCc2ccc(OC)c(OC)c2)c1.I.